The Morgan fingerprint density at radius 3 is 2.52 bits per heavy atom. The lowest BCUT2D eigenvalue weighted by Crippen LogP contribution is -2.26. The standard InChI is InChI=1S/C23H18ClNO6/c1-28-18-10-8-16(12-17(18)24)25-22(26)21(14-5-3-2-4-6-14)31-23(27)15-7-9-19-20(11-15)30-13-29-19/h2-12,21H,13H2,1H3,(H,25,26). The van der Waals surface area contributed by atoms with Crippen molar-refractivity contribution < 1.29 is 28.5 Å². The highest BCUT2D eigenvalue weighted by molar-refractivity contribution is 6.32. The topological polar surface area (TPSA) is 83.1 Å². The van der Waals surface area contributed by atoms with E-state index < -0.39 is 18.0 Å². The Hall–Kier alpha value is -3.71. The molecule has 1 N–H and O–H groups in total. The van der Waals surface area contributed by atoms with Gasteiger partial charge in [-0.1, -0.05) is 41.9 Å². The minimum absolute atomic E-state index is 0.0906. The molecular formula is C23H18ClNO6. The normalized spacial score (nSPS) is 12.7. The first-order valence-electron chi connectivity index (χ1n) is 9.35. The lowest BCUT2D eigenvalue weighted by Gasteiger charge is -2.18. The van der Waals surface area contributed by atoms with Crippen molar-refractivity contribution in [2.24, 2.45) is 0 Å². The summed E-state index contributed by atoms with van der Waals surface area (Å²) in [6.45, 7) is 0.0906. The molecule has 4 rings (SSSR count). The smallest absolute Gasteiger partial charge is 0.339 e. The molecule has 3 aromatic rings. The van der Waals surface area contributed by atoms with Crippen LogP contribution in [0.15, 0.2) is 66.7 Å². The van der Waals surface area contributed by atoms with E-state index in [2.05, 4.69) is 5.32 Å². The van der Waals surface area contributed by atoms with Crippen molar-refractivity contribution in [1.29, 1.82) is 0 Å². The highest BCUT2D eigenvalue weighted by Gasteiger charge is 2.27. The molecule has 1 aliphatic rings. The van der Waals surface area contributed by atoms with Gasteiger partial charge in [0, 0.05) is 11.3 Å². The Labute approximate surface area is 183 Å². The van der Waals surface area contributed by atoms with Crippen LogP contribution in [-0.2, 0) is 9.53 Å². The van der Waals surface area contributed by atoms with Gasteiger partial charge < -0.3 is 24.3 Å². The number of carbonyl (C=O) groups excluding carboxylic acids is 2. The first-order valence-corrected chi connectivity index (χ1v) is 9.73. The number of amides is 1. The molecule has 31 heavy (non-hydrogen) atoms. The summed E-state index contributed by atoms with van der Waals surface area (Å²) in [6, 6.07) is 18.3. The Bertz CT molecular complexity index is 1120. The highest BCUT2D eigenvalue weighted by Crippen LogP contribution is 2.33. The third kappa shape index (κ3) is 4.57. The molecule has 0 radical (unpaired) electrons. The monoisotopic (exact) mass is 439 g/mol. The number of hydrogen-bond donors (Lipinski definition) is 1. The number of methoxy groups -OCH3 is 1. The van der Waals surface area contributed by atoms with Crippen molar-refractivity contribution in [3.8, 4) is 17.2 Å². The molecular weight excluding hydrogens is 422 g/mol. The van der Waals surface area contributed by atoms with Crippen LogP contribution in [0.3, 0.4) is 0 Å². The van der Waals surface area contributed by atoms with Crippen LogP contribution in [0.2, 0.25) is 5.02 Å². The lowest BCUT2D eigenvalue weighted by atomic mass is 10.1. The maximum atomic E-state index is 13.0. The molecule has 3 aromatic carbocycles. The van der Waals surface area contributed by atoms with E-state index in [9.17, 15) is 9.59 Å². The van der Waals surface area contributed by atoms with E-state index >= 15 is 0 Å². The van der Waals surface area contributed by atoms with Gasteiger partial charge >= 0.3 is 5.97 Å². The number of anilines is 1. The number of nitrogens with one attached hydrogen (secondary N) is 1. The van der Waals surface area contributed by atoms with E-state index in [4.69, 9.17) is 30.5 Å². The average molecular weight is 440 g/mol. The molecule has 7 nitrogen and oxygen atoms in total. The molecule has 0 fully saturated rings. The first kappa shape index (κ1) is 20.6. The van der Waals surface area contributed by atoms with E-state index in [0.29, 0.717) is 33.5 Å². The maximum Gasteiger partial charge on any atom is 0.339 e. The summed E-state index contributed by atoms with van der Waals surface area (Å²) in [7, 11) is 1.50. The third-order valence-electron chi connectivity index (χ3n) is 4.59. The van der Waals surface area contributed by atoms with Crippen molar-refractivity contribution in [3.05, 3.63) is 82.9 Å². The molecule has 0 bridgehead atoms. The van der Waals surface area contributed by atoms with E-state index in [1.54, 1.807) is 60.7 Å². The molecule has 0 saturated heterocycles. The van der Waals surface area contributed by atoms with Gasteiger partial charge in [0.2, 0.25) is 12.9 Å². The Kier molecular flexibility index (Phi) is 5.95. The van der Waals surface area contributed by atoms with Crippen LogP contribution in [0.5, 0.6) is 17.2 Å². The summed E-state index contributed by atoms with van der Waals surface area (Å²) in [5, 5.41) is 3.07. The van der Waals surface area contributed by atoms with Crippen LogP contribution >= 0.6 is 11.6 Å². The lowest BCUT2D eigenvalue weighted by molar-refractivity contribution is -0.125. The van der Waals surface area contributed by atoms with Crippen LogP contribution < -0.4 is 19.5 Å². The van der Waals surface area contributed by atoms with Gasteiger partial charge in [0.1, 0.15) is 5.75 Å². The SMILES string of the molecule is COc1ccc(NC(=O)C(OC(=O)c2ccc3c(c2)OCO3)c2ccccc2)cc1Cl. The van der Waals surface area contributed by atoms with Gasteiger partial charge in [0.25, 0.3) is 5.91 Å². The number of ether oxygens (including phenoxy) is 4. The quantitative estimate of drug-likeness (QED) is 0.564. The second-order valence-corrected chi connectivity index (χ2v) is 7.01. The summed E-state index contributed by atoms with van der Waals surface area (Å²) in [5.41, 5.74) is 1.20. The van der Waals surface area contributed by atoms with Gasteiger partial charge in [0.15, 0.2) is 11.5 Å². The molecule has 0 saturated carbocycles. The summed E-state index contributed by atoms with van der Waals surface area (Å²) >= 11 is 6.14. The van der Waals surface area contributed by atoms with Crippen LogP contribution in [0.25, 0.3) is 0 Å². The number of hydrogen-bond acceptors (Lipinski definition) is 6. The van der Waals surface area contributed by atoms with Gasteiger partial charge in [0.05, 0.1) is 17.7 Å². The number of halogens is 1. The van der Waals surface area contributed by atoms with Crippen LogP contribution in [0.4, 0.5) is 5.69 Å². The highest BCUT2D eigenvalue weighted by atomic mass is 35.5. The molecule has 0 spiro atoms. The number of benzene rings is 3. The number of carbonyl (C=O) groups is 2. The molecule has 0 aromatic heterocycles. The molecule has 0 aliphatic carbocycles. The predicted molar refractivity (Wildman–Crippen MR) is 114 cm³/mol. The first-order chi connectivity index (χ1) is 15.0. The second-order valence-electron chi connectivity index (χ2n) is 6.60. The number of fused-ring (bicyclic) bond motifs is 1. The van der Waals surface area contributed by atoms with Gasteiger partial charge in [-0.05, 0) is 36.4 Å². The Morgan fingerprint density at radius 1 is 1.00 bits per heavy atom. The van der Waals surface area contributed by atoms with Crippen LogP contribution in [0.1, 0.15) is 22.0 Å². The fourth-order valence-electron chi connectivity index (χ4n) is 3.05. The second kappa shape index (κ2) is 8.97. The van der Waals surface area contributed by atoms with Crippen molar-refractivity contribution in [3.63, 3.8) is 0 Å². The van der Waals surface area contributed by atoms with Gasteiger partial charge in [-0.25, -0.2) is 4.79 Å². The van der Waals surface area contributed by atoms with Crippen LogP contribution in [-0.4, -0.2) is 25.8 Å². The van der Waals surface area contributed by atoms with E-state index in [-0.39, 0.29) is 12.4 Å². The van der Waals surface area contributed by atoms with Crippen molar-refractivity contribution in [1.82, 2.24) is 0 Å². The zero-order valence-corrected chi connectivity index (χ0v) is 17.2. The predicted octanol–water partition coefficient (Wildman–Crippen LogP) is 4.61. The molecule has 158 valence electrons. The largest absolute Gasteiger partial charge is 0.495 e. The van der Waals surface area contributed by atoms with E-state index in [1.807, 2.05) is 0 Å². The molecule has 1 unspecified atom stereocenters. The van der Waals surface area contributed by atoms with Crippen molar-refractivity contribution in [2.75, 3.05) is 19.2 Å². The van der Waals surface area contributed by atoms with E-state index in [1.165, 1.54) is 13.2 Å². The zero-order valence-electron chi connectivity index (χ0n) is 16.5. The summed E-state index contributed by atoms with van der Waals surface area (Å²) in [6.07, 6.45) is -1.18. The van der Waals surface area contributed by atoms with E-state index in [0.717, 1.165) is 0 Å². The molecule has 8 heteroatoms. The minimum Gasteiger partial charge on any atom is -0.495 e. The number of esters is 1. The van der Waals surface area contributed by atoms with Gasteiger partial charge in [-0.2, -0.15) is 0 Å². The summed E-state index contributed by atoms with van der Waals surface area (Å²) in [4.78, 5) is 25.8. The fraction of sp³-hybridized carbons (Fsp3) is 0.130. The third-order valence-corrected chi connectivity index (χ3v) is 4.89. The average Bonchev–Trinajstić information content (AvgIpc) is 3.26. The van der Waals surface area contributed by atoms with Crippen molar-refractivity contribution in [2.45, 2.75) is 6.10 Å². The zero-order chi connectivity index (χ0) is 21.8. The molecule has 1 amide bonds. The summed E-state index contributed by atoms with van der Waals surface area (Å²) in [5.74, 6) is 0.276. The van der Waals surface area contributed by atoms with Gasteiger partial charge in [-0.3, -0.25) is 4.79 Å². The Morgan fingerprint density at radius 2 is 1.77 bits per heavy atom. The number of rotatable bonds is 6. The minimum atomic E-state index is -1.18. The maximum absolute atomic E-state index is 13.0. The fourth-order valence-corrected chi connectivity index (χ4v) is 3.31. The Balaban J connectivity index is 1.56. The molecule has 1 aliphatic heterocycles. The molecule has 1 heterocycles. The molecule has 1 atom stereocenters. The van der Waals surface area contributed by atoms with Crippen molar-refractivity contribution >= 4 is 29.2 Å². The van der Waals surface area contributed by atoms with Crippen LogP contribution in [0, 0.1) is 0 Å². The van der Waals surface area contributed by atoms with Gasteiger partial charge in [-0.15, -0.1) is 0 Å². The summed E-state index contributed by atoms with van der Waals surface area (Å²) < 4.78 is 21.3.